The third-order valence-electron chi connectivity index (χ3n) is 3.02. The molecule has 1 heterocycles. The van der Waals surface area contributed by atoms with Crippen LogP contribution in [0.15, 0.2) is 24.4 Å². The van der Waals surface area contributed by atoms with Gasteiger partial charge >= 0.3 is 5.97 Å². The highest BCUT2D eigenvalue weighted by molar-refractivity contribution is 5.81. The van der Waals surface area contributed by atoms with Gasteiger partial charge in [-0.2, -0.15) is 0 Å². The Morgan fingerprint density at radius 2 is 2.47 bits per heavy atom. The molecule has 1 saturated carbocycles. The largest absolute Gasteiger partial charge is 0.466 e. The van der Waals surface area contributed by atoms with Crippen LogP contribution in [0.3, 0.4) is 0 Å². The van der Waals surface area contributed by atoms with E-state index in [1.165, 1.54) is 0 Å². The zero-order valence-electron chi connectivity index (χ0n) is 9.06. The molecule has 1 aliphatic carbocycles. The van der Waals surface area contributed by atoms with Crippen LogP contribution >= 0.6 is 0 Å². The summed E-state index contributed by atoms with van der Waals surface area (Å²) in [6.45, 7) is 4.23. The average Bonchev–Trinajstić information content (AvgIpc) is 2.94. The van der Waals surface area contributed by atoms with E-state index in [2.05, 4.69) is 4.98 Å². The smallest absolute Gasteiger partial charge is 0.312 e. The van der Waals surface area contributed by atoms with E-state index in [4.69, 9.17) is 4.74 Å². The number of rotatable bonds is 3. The first kappa shape index (κ1) is 10.1. The van der Waals surface area contributed by atoms with E-state index >= 15 is 0 Å². The molecule has 1 fully saturated rings. The maximum absolute atomic E-state index is 11.7. The third kappa shape index (κ3) is 1.74. The Morgan fingerprint density at radius 3 is 3.07 bits per heavy atom. The van der Waals surface area contributed by atoms with Crippen LogP contribution in [0.2, 0.25) is 0 Å². The number of hydrogen-bond donors (Lipinski definition) is 0. The SMILES string of the molecule is CCOC(=O)C1(C)CC1c1ccccn1. The van der Waals surface area contributed by atoms with Crippen LogP contribution in [-0.4, -0.2) is 17.6 Å². The molecule has 0 spiro atoms. The van der Waals surface area contributed by atoms with Crippen molar-refractivity contribution in [2.75, 3.05) is 6.61 Å². The summed E-state index contributed by atoms with van der Waals surface area (Å²) in [6.07, 6.45) is 2.61. The van der Waals surface area contributed by atoms with Crippen LogP contribution in [0.25, 0.3) is 0 Å². The van der Waals surface area contributed by atoms with Gasteiger partial charge in [0.05, 0.1) is 12.0 Å². The number of hydrogen-bond acceptors (Lipinski definition) is 3. The van der Waals surface area contributed by atoms with Crippen molar-refractivity contribution in [3.63, 3.8) is 0 Å². The minimum absolute atomic E-state index is 0.0966. The zero-order chi connectivity index (χ0) is 10.9. The molecule has 1 aliphatic rings. The highest BCUT2D eigenvalue weighted by Gasteiger charge is 2.58. The number of carbonyl (C=O) groups is 1. The molecule has 1 aromatic rings. The lowest BCUT2D eigenvalue weighted by atomic mass is 10.1. The molecular weight excluding hydrogens is 190 g/mol. The highest BCUT2D eigenvalue weighted by atomic mass is 16.5. The first-order chi connectivity index (χ1) is 7.18. The molecule has 80 valence electrons. The fourth-order valence-electron chi connectivity index (χ4n) is 1.90. The maximum atomic E-state index is 11.7. The van der Waals surface area contributed by atoms with Crippen LogP contribution in [0.5, 0.6) is 0 Å². The van der Waals surface area contributed by atoms with Gasteiger partial charge in [-0.15, -0.1) is 0 Å². The van der Waals surface area contributed by atoms with Crippen molar-refractivity contribution in [3.8, 4) is 0 Å². The van der Waals surface area contributed by atoms with Gasteiger partial charge in [-0.05, 0) is 32.4 Å². The van der Waals surface area contributed by atoms with Gasteiger partial charge in [0, 0.05) is 17.8 Å². The molecule has 2 rings (SSSR count). The van der Waals surface area contributed by atoms with Gasteiger partial charge in [-0.3, -0.25) is 9.78 Å². The number of carbonyl (C=O) groups excluding carboxylic acids is 1. The molecule has 3 nitrogen and oxygen atoms in total. The summed E-state index contributed by atoms with van der Waals surface area (Å²) in [5.74, 6) is 0.137. The summed E-state index contributed by atoms with van der Waals surface area (Å²) in [4.78, 5) is 15.9. The van der Waals surface area contributed by atoms with Crippen molar-refractivity contribution in [2.24, 2.45) is 5.41 Å². The predicted octanol–water partition coefficient (Wildman–Crippen LogP) is 2.14. The molecule has 15 heavy (non-hydrogen) atoms. The van der Waals surface area contributed by atoms with Gasteiger partial charge in [0.1, 0.15) is 0 Å². The molecule has 1 aromatic heterocycles. The number of aromatic nitrogens is 1. The summed E-state index contributed by atoms with van der Waals surface area (Å²) in [5, 5.41) is 0. The topological polar surface area (TPSA) is 39.2 Å². The van der Waals surface area contributed by atoms with E-state index in [0.717, 1.165) is 12.1 Å². The number of esters is 1. The Labute approximate surface area is 89.5 Å². The molecule has 0 N–H and O–H groups in total. The quantitative estimate of drug-likeness (QED) is 0.710. The second kappa shape index (κ2) is 3.65. The lowest BCUT2D eigenvalue weighted by Gasteiger charge is -2.09. The Balaban J connectivity index is 2.09. The second-order valence-electron chi connectivity index (χ2n) is 4.15. The minimum atomic E-state index is -0.343. The lowest BCUT2D eigenvalue weighted by molar-refractivity contribution is -0.149. The summed E-state index contributed by atoms with van der Waals surface area (Å²) < 4.78 is 5.05. The van der Waals surface area contributed by atoms with E-state index in [1.807, 2.05) is 32.0 Å². The normalized spacial score (nSPS) is 28.5. The summed E-state index contributed by atoms with van der Waals surface area (Å²) in [6, 6.07) is 5.80. The number of ether oxygens (including phenoxy) is 1. The summed E-state index contributed by atoms with van der Waals surface area (Å²) in [7, 11) is 0. The first-order valence-corrected chi connectivity index (χ1v) is 5.26. The fourth-order valence-corrected chi connectivity index (χ4v) is 1.90. The summed E-state index contributed by atoms with van der Waals surface area (Å²) >= 11 is 0. The lowest BCUT2D eigenvalue weighted by Crippen LogP contribution is -2.17. The number of nitrogens with zero attached hydrogens (tertiary/aromatic N) is 1. The molecule has 2 unspecified atom stereocenters. The van der Waals surface area contributed by atoms with Gasteiger partial charge in [-0.1, -0.05) is 6.07 Å². The third-order valence-corrected chi connectivity index (χ3v) is 3.02. The molecule has 0 saturated heterocycles. The molecule has 0 aliphatic heterocycles. The van der Waals surface area contributed by atoms with E-state index in [1.54, 1.807) is 6.20 Å². The van der Waals surface area contributed by atoms with E-state index in [-0.39, 0.29) is 17.3 Å². The standard InChI is InChI=1S/C12H15NO2/c1-3-15-11(14)12(2)8-9(12)10-6-4-5-7-13-10/h4-7,9H,3,8H2,1-2H3. The van der Waals surface area contributed by atoms with Crippen molar-refractivity contribution in [2.45, 2.75) is 26.2 Å². The van der Waals surface area contributed by atoms with Crippen molar-refractivity contribution >= 4 is 5.97 Å². The van der Waals surface area contributed by atoms with Crippen molar-refractivity contribution < 1.29 is 9.53 Å². The highest BCUT2D eigenvalue weighted by Crippen LogP contribution is 2.59. The van der Waals surface area contributed by atoms with E-state index < -0.39 is 0 Å². The van der Waals surface area contributed by atoms with Crippen LogP contribution in [0.1, 0.15) is 31.9 Å². The van der Waals surface area contributed by atoms with Crippen molar-refractivity contribution in [3.05, 3.63) is 30.1 Å². The minimum Gasteiger partial charge on any atom is -0.466 e. The number of pyridine rings is 1. The summed E-state index contributed by atoms with van der Waals surface area (Å²) in [5.41, 5.74) is 0.651. The molecule has 3 heteroatoms. The first-order valence-electron chi connectivity index (χ1n) is 5.26. The van der Waals surface area contributed by atoms with Crippen LogP contribution in [0.4, 0.5) is 0 Å². The van der Waals surface area contributed by atoms with Gasteiger partial charge < -0.3 is 4.74 Å². The average molecular weight is 205 g/mol. The van der Waals surface area contributed by atoms with Crippen LogP contribution in [-0.2, 0) is 9.53 Å². The van der Waals surface area contributed by atoms with Crippen LogP contribution < -0.4 is 0 Å². The van der Waals surface area contributed by atoms with Gasteiger partial charge in [-0.25, -0.2) is 0 Å². The van der Waals surface area contributed by atoms with E-state index in [9.17, 15) is 4.79 Å². The fraction of sp³-hybridized carbons (Fsp3) is 0.500. The maximum Gasteiger partial charge on any atom is 0.312 e. The van der Waals surface area contributed by atoms with Crippen LogP contribution in [0, 0.1) is 5.41 Å². The van der Waals surface area contributed by atoms with Crippen molar-refractivity contribution in [1.29, 1.82) is 0 Å². The van der Waals surface area contributed by atoms with Gasteiger partial charge in [0.15, 0.2) is 0 Å². The molecular formula is C12H15NO2. The van der Waals surface area contributed by atoms with Gasteiger partial charge in [0.2, 0.25) is 0 Å². The Hall–Kier alpha value is -1.38. The Bertz CT molecular complexity index is 363. The molecule has 0 bridgehead atoms. The zero-order valence-corrected chi connectivity index (χ0v) is 9.06. The monoisotopic (exact) mass is 205 g/mol. The molecule has 0 amide bonds. The second-order valence-corrected chi connectivity index (χ2v) is 4.15. The molecule has 2 atom stereocenters. The van der Waals surface area contributed by atoms with Gasteiger partial charge in [0.25, 0.3) is 0 Å². The predicted molar refractivity (Wildman–Crippen MR) is 56.3 cm³/mol. The molecule has 0 radical (unpaired) electrons. The van der Waals surface area contributed by atoms with E-state index in [0.29, 0.717) is 6.61 Å². The van der Waals surface area contributed by atoms with Crippen molar-refractivity contribution in [1.82, 2.24) is 4.98 Å². The Kier molecular flexibility index (Phi) is 2.47. The molecule has 0 aromatic carbocycles. The Morgan fingerprint density at radius 1 is 1.67 bits per heavy atom.